The Kier molecular flexibility index (Phi) is 3.94. The van der Waals surface area contributed by atoms with E-state index in [1.165, 1.54) is 13.0 Å². The number of hydrogen-bond acceptors (Lipinski definition) is 2. The number of rotatable bonds is 2. The maximum atomic E-state index is 13.8. The van der Waals surface area contributed by atoms with Crippen molar-refractivity contribution in [3.05, 3.63) is 33.5 Å². The fraction of sp³-hybridized carbons (Fsp3) is 0.462. The van der Waals surface area contributed by atoms with E-state index >= 15 is 0 Å². The van der Waals surface area contributed by atoms with E-state index in [-0.39, 0.29) is 11.3 Å². The van der Waals surface area contributed by atoms with Crippen molar-refractivity contribution < 1.29 is 13.9 Å². The Balaban J connectivity index is 2.34. The largest absolute Gasteiger partial charge is 0.381 e. The van der Waals surface area contributed by atoms with Crippen molar-refractivity contribution in [1.29, 1.82) is 0 Å². The van der Waals surface area contributed by atoms with Gasteiger partial charge in [0.05, 0.1) is 5.56 Å². The third-order valence-corrected chi connectivity index (χ3v) is 3.73. The molecule has 1 heterocycles. The first-order chi connectivity index (χ1) is 8.09. The van der Waals surface area contributed by atoms with Gasteiger partial charge in [-0.1, -0.05) is 0 Å². The number of hydrogen-bond donors (Lipinski definition) is 0. The van der Waals surface area contributed by atoms with Gasteiger partial charge in [-0.2, -0.15) is 0 Å². The highest BCUT2D eigenvalue weighted by molar-refractivity contribution is 9.10. The molecule has 0 unspecified atom stereocenters. The predicted molar refractivity (Wildman–Crippen MR) is 66.9 cm³/mol. The second-order valence-electron chi connectivity index (χ2n) is 4.30. The molecule has 92 valence electrons. The smallest absolute Gasteiger partial charge is 0.163 e. The van der Waals surface area contributed by atoms with Crippen molar-refractivity contribution in [3.8, 4) is 0 Å². The molecule has 2 rings (SSSR count). The van der Waals surface area contributed by atoms with Crippen LogP contribution in [0.3, 0.4) is 0 Å². The van der Waals surface area contributed by atoms with Crippen molar-refractivity contribution in [1.82, 2.24) is 0 Å². The number of halogens is 2. The Bertz CT molecular complexity index is 416. The summed E-state index contributed by atoms with van der Waals surface area (Å²) in [6.07, 6.45) is 1.82. The van der Waals surface area contributed by atoms with Crippen LogP contribution >= 0.6 is 15.9 Å². The predicted octanol–water partition coefficient (Wildman–Crippen LogP) is 3.68. The number of carbonyl (C=O) groups is 1. The minimum atomic E-state index is -0.437. The summed E-state index contributed by atoms with van der Waals surface area (Å²) in [5, 5.41) is 0. The lowest BCUT2D eigenvalue weighted by molar-refractivity contribution is 0.0852. The molecule has 17 heavy (non-hydrogen) atoms. The van der Waals surface area contributed by atoms with Crippen molar-refractivity contribution >= 4 is 21.7 Å². The van der Waals surface area contributed by atoms with Gasteiger partial charge in [0.2, 0.25) is 0 Å². The molecule has 1 aliphatic heterocycles. The molecular weight excluding hydrogens is 287 g/mol. The zero-order valence-corrected chi connectivity index (χ0v) is 11.2. The van der Waals surface area contributed by atoms with Crippen LogP contribution in [-0.4, -0.2) is 19.0 Å². The number of Topliss-reactive ketones (excluding diaryl/α,β-unsaturated/α-hetero) is 1. The highest BCUT2D eigenvalue weighted by Gasteiger charge is 2.20. The molecule has 2 nitrogen and oxygen atoms in total. The quantitative estimate of drug-likeness (QED) is 0.779. The molecule has 0 spiro atoms. The van der Waals surface area contributed by atoms with Gasteiger partial charge in [0, 0.05) is 17.7 Å². The molecule has 0 amide bonds. The maximum Gasteiger partial charge on any atom is 0.163 e. The Morgan fingerprint density at radius 3 is 2.59 bits per heavy atom. The molecular formula is C13H14BrFO2. The summed E-state index contributed by atoms with van der Waals surface area (Å²) in [7, 11) is 0. The Labute approximate surface area is 108 Å². The molecule has 1 fully saturated rings. The van der Waals surface area contributed by atoms with Gasteiger partial charge in [0.25, 0.3) is 0 Å². The van der Waals surface area contributed by atoms with Crippen molar-refractivity contribution in [2.24, 2.45) is 0 Å². The highest BCUT2D eigenvalue weighted by atomic mass is 79.9. The normalized spacial score (nSPS) is 17.1. The Morgan fingerprint density at radius 2 is 2.06 bits per heavy atom. The number of carbonyl (C=O) groups excluding carboxylic acids is 1. The topological polar surface area (TPSA) is 26.3 Å². The molecule has 0 radical (unpaired) electrons. The standard InChI is InChI=1S/C13H14BrFO2/c1-8(16)13-11(14)6-10(7-12(13)15)9-2-4-17-5-3-9/h6-7,9H,2-5H2,1H3. The van der Waals surface area contributed by atoms with Crippen LogP contribution in [0.5, 0.6) is 0 Å². The molecule has 1 aromatic rings. The summed E-state index contributed by atoms with van der Waals surface area (Å²) in [6, 6.07) is 3.34. The summed E-state index contributed by atoms with van der Waals surface area (Å²) in [5.41, 5.74) is 1.09. The fourth-order valence-electron chi connectivity index (χ4n) is 2.20. The van der Waals surface area contributed by atoms with Crippen LogP contribution in [0, 0.1) is 5.82 Å². The van der Waals surface area contributed by atoms with Crippen LogP contribution < -0.4 is 0 Å². The summed E-state index contributed by atoms with van der Waals surface area (Å²) in [6.45, 7) is 2.81. The first-order valence-corrected chi connectivity index (χ1v) is 6.46. The van der Waals surface area contributed by atoms with Gasteiger partial charge >= 0.3 is 0 Å². The lowest BCUT2D eigenvalue weighted by Crippen LogP contribution is -2.14. The van der Waals surface area contributed by atoms with E-state index in [0.717, 1.165) is 31.6 Å². The summed E-state index contributed by atoms with van der Waals surface area (Å²) >= 11 is 3.27. The van der Waals surface area contributed by atoms with Gasteiger partial charge in [0.15, 0.2) is 5.78 Å². The first-order valence-electron chi connectivity index (χ1n) is 5.67. The SMILES string of the molecule is CC(=O)c1c(F)cc(C2CCOCC2)cc1Br. The molecule has 0 N–H and O–H groups in total. The van der Waals surface area contributed by atoms with Crippen LogP contribution in [0.1, 0.15) is 41.6 Å². The van der Waals surface area contributed by atoms with E-state index < -0.39 is 5.82 Å². The van der Waals surface area contributed by atoms with E-state index in [2.05, 4.69) is 15.9 Å². The van der Waals surface area contributed by atoms with Crippen molar-refractivity contribution in [2.45, 2.75) is 25.7 Å². The average molecular weight is 301 g/mol. The van der Waals surface area contributed by atoms with Crippen LogP contribution in [0.15, 0.2) is 16.6 Å². The zero-order valence-electron chi connectivity index (χ0n) is 9.63. The van der Waals surface area contributed by atoms with E-state index in [4.69, 9.17) is 4.74 Å². The highest BCUT2D eigenvalue weighted by Crippen LogP contribution is 2.31. The first kappa shape index (κ1) is 12.7. The summed E-state index contributed by atoms with van der Waals surface area (Å²) in [4.78, 5) is 11.3. The van der Waals surface area contributed by atoms with Gasteiger partial charge in [-0.3, -0.25) is 4.79 Å². The van der Waals surface area contributed by atoms with Crippen LogP contribution in [0.25, 0.3) is 0 Å². The molecule has 0 saturated carbocycles. The maximum absolute atomic E-state index is 13.8. The molecule has 0 aromatic heterocycles. The lowest BCUT2D eigenvalue weighted by atomic mass is 9.90. The minimum Gasteiger partial charge on any atom is -0.381 e. The molecule has 0 bridgehead atoms. The molecule has 0 atom stereocenters. The Morgan fingerprint density at radius 1 is 1.41 bits per heavy atom. The minimum absolute atomic E-state index is 0.140. The monoisotopic (exact) mass is 300 g/mol. The molecule has 1 aromatic carbocycles. The molecule has 1 saturated heterocycles. The van der Waals surface area contributed by atoms with E-state index in [1.807, 2.05) is 6.07 Å². The number of benzene rings is 1. The second kappa shape index (κ2) is 5.27. The lowest BCUT2D eigenvalue weighted by Gasteiger charge is -2.23. The zero-order chi connectivity index (χ0) is 12.4. The fourth-order valence-corrected chi connectivity index (χ4v) is 2.93. The van der Waals surface area contributed by atoms with Gasteiger partial charge in [0.1, 0.15) is 5.82 Å². The van der Waals surface area contributed by atoms with Crippen LogP contribution in [0.2, 0.25) is 0 Å². The third kappa shape index (κ3) is 2.75. The average Bonchev–Trinajstić information content (AvgIpc) is 2.28. The number of ketones is 1. The van der Waals surface area contributed by atoms with Crippen molar-refractivity contribution in [3.63, 3.8) is 0 Å². The van der Waals surface area contributed by atoms with E-state index in [1.54, 1.807) is 0 Å². The van der Waals surface area contributed by atoms with Gasteiger partial charge < -0.3 is 4.74 Å². The van der Waals surface area contributed by atoms with Crippen LogP contribution in [0.4, 0.5) is 4.39 Å². The van der Waals surface area contributed by atoms with E-state index in [0.29, 0.717) is 10.4 Å². The summed E-state index contributed by atoms with van der Waals surface area (Å²) in [5.74, 6) is -0.364. The van der Waals surface area contributed by atoms with Gasteiger partial charge in [-0.25, -0.2) is 4.39 Å². The molecule has 1 aliphatic rings. The van der Waals surface area contributed by atoms with Crippen LogP contribution in [-0.2, 0) is 4.74 Å². The Hall–Kier alpha value is -0.740. The second-order valence-corrected chi connectivity index (χ2v) is 5.16. The van der Waals surface area contributed by atoms with Gasteiger partial charge in [-0.15, -0.1) is 0 Å². The van der Waals surface area contributed by atoms with Crippen molar-refractivity contribution in [2.75, 3.05) is 13.2 Å². The summed E-state index contributed by atoms with van der Waals surface area (Å²) < 4.78 is 19.7. The molecule has 4 heteroatoms. The third-order valence-electron chi connectivity index (χ3n) is 3.11. The number of ether oxygens (including phenoxy) is 1. The molecule has 0 aliphatic carbocycles. The van der Waals surface area contributed by atoms with E-state index in [9.17, 15) is 9.18 Å². The van der Waals surface area contributed by atoms with Gasteiger partial charge in [-0.05, 0) is 59.3 Å².